The molecule has 0 aliphatic heterocycles. The first-order valence-electron chi connectivity index (χ1n) is 12.7. The number of halogens is 1. The Balaban J connectivity index is 1.46. The molecule has 0 spiro atoms. The van der Waals surface area contributed by atoms with E-state index in [0.29, 0.717) is 5.56 Å². The number of benzene rings is 2. The molecule has 0 atom stereocenters. The maximum absolute atomic E-state index is 11.2. The second kappa shape index (κ2) is 16.8. The molecule has 0 aromatic heterocycles. The van der Waals surface area contributed by atoms with Crippen molar-refractivity contribution >= 4 is 16.8 Å². The van der Waals surface area contributed by atoms with Gasteiger partial charge in [0, 0.05) is 5.56 Å². The summed E-state index contributed by atoms with van der Waals surface area (Å²) in [6.07, 6.45) is 19.2. The molecule has 2 nitrogen and oxygen atoms in total. The fraction of sp³-hybridized carbons (Fsp3) is 0.552. The van der Waals surface area contributed by atoms with Gasteiger partial charge in [0.25, 0.3) is 5.24 Å². The van der Waals surface area contributed by atoms with E-state index in [1.54, 1.807) is 12.1 Å². The van der Waals surface area contributed by atoms with E-state index in [0.717, 1.165) is 29.9 Å². The smallest absolute Gasteiger partial charge is 0.252 e. The first kappa shape index (κ1) is 26.5. The molecule has 0 bridgehead atoms. The van der Waals surface area contributed by atoms with Crippen LogP contribution < -0.4 is 4.74 Å². The van der Waals surface area contributed by atoms with E-state index in [1.807, 2.05) is 24.3 Å². The van der Waals surface area contributed by atoms with Crippen LogP contribution in [0.25, 0.3) is 11.1 Å². The lowest BCUT2D eigenvalue weighted by molar-refractivity contribution is 0.108. The average molecular weight is 457 g/mol. The van der Waals surface area contributed by atoms with Gasteiger partial charge < -0.3 is 4.74 Å². The third-order valence-electron chi connectivity index (χ3n) is 6.07. The lowest BCUT2D eigenvalue weighted by Crippen LogP contribution is -1.97. The van der Waals surface area contributed by atoms with Crippen molar-refractivity contribution in [2.45, 2.75) is 96.8 Å². The van der Waals surface area contributed by atoms with Gasteiger partial charge in [0.05, 0.1) is 6.61 Å². The maximum Gasteiger partial charge on any atom is 0.252 e. The van der Waals surface area contributed by atoms with Crippen LogP contribution >= 0.6 is 11.6 Å². The summed E-state index contributed by atoms with van der Waals surface area (Å²) < 4.78 is 5.89. The number of hydrogen-bond acceptors (Lipinski definition) is 2. The highest BCUT2D eigenvalue weighted by Crippen LogP contribution is 2.23. The normalized spacial score (nSPS) is 10.9. The van der Waals surface area contributed by atoms with Crippen molar-refractivity contribution in [1.29, 1.82) is 0 Å². The summed E-state index contributed by atoms with van der Waals surface area (Å²) in [6, 6.07) is 15.5. The van der Waals surface area contributed by atoms with Gasteiger partial charge in [0.15, 0.2) is 0 Å². The second-order valence-corrected chi connectivity index (χ2v) is 9.16. The lowest BCUT2D eigenvalue weighted by atomic mass is 10.0. The molecule has 176 valence electrons. The molecular formula is C29H41ClO2. The minimum Gasteiger partial charge on any atom is -0.494 e. The predicted octanol–water partition coefficient (Wildman–Crippen LogP) is 9.59. The number of ether oxygens (including phenoxy) is 1. The minimum absolute atomic E-state index is 0.427. The molecule has 2 aromatic carbocycles. The third-order valence-corrected chi connectivity index (χ3v) is 6.28. The van der Waals surface area contributed by atoms with E-state index in [-0.39, 0.29) is 0 Å². The van der Waals surface area contributed by atoms with Gasteiger partial charge >= 0.3 is 0 Å². The van der Waals surface area contributed by atoms with Gasteiger partial charge in [-0.3, -0.25) is 4.79 Å². The van der Waals surface area contributed by atoms with Gasteiger partial charge in [0.2, 0.25) is 0 Å². The molecule has 0 radical (unpaired) electrons. The van der Waals surface area contributed by atoms with Crippen molar-refractivity contribution in [1.82, 2.24) is 0 Å². The molecule has 0 amide bonds. The van der Waals surface area contributed by atoms with Crippen molar-refractivity contribution in [2.24, 2.45) is 0 Å². The molecule has 0 saturated carbocycles. The molecular weight excluding hydrogens is 416 g/mol. The molecule has 0 saturated heterocycles. The van der Waals surface area contributed by atoms with Crippen LogP contribution in [-0.4, -0.2) is 11.8 Å². The summed E-state index contributed by atoms with van der Waals surface area (Å²) >= 11 is 5.50. The Morgan fingerprint density at radius 2 is 1.03 bits per heavy atom. The Kier molecular flexibility index (Phi) is 13.9. The molecule has 0 aliphatic carbocycles. The monoisotopic (exact) mass is 456 g/mol. The first-order chi connectivity index (χ1) is 15.7. The van der Waals surface area contributed by atoms with E-state index in [4.69, 9.17) is 16.3 Å². The molecule has 0 fully saturated rings. The van der Waals surface area contributed by atoms with Crippen molar-refractivity contribution < 1.29 is 9.53 Å². The van der Waals surface area contributed by atoms with Gasteiger partial charge in [-0.25, -0.2) is 0 Å². The van der Waals surface area contributed by atoms with Crippen LogP contribution in [0, 0.1) is 0 Å². The van der Waals surface area contributed by atoms with Crippen LogP contribution in [0.4, 0.5) is 0 Å². The number of unbranched alkanes of at least 4 members (excludes halogenated alkanes) is 13. The zero-order chi connectivity index (χ0) is 22.9. The zero-order valence-electron chi connectivity index (χ0n) is 19.9. The number of rotatable bonds is 18. The van der Waals surface area contributed by atoms with Gasteiger partial charge in [-0.2, -0.15) is 0 Å². The van der Waals surface area contributed by atoms with Crippen LogP contribution in [0.1, 0.15) is 107 Å². The predicted molar refractivity (Wildman–Crippen MR) is 138 cm³/mol. The Bertz CT molecular complexity index is 737. The Labute approximate surface area is 200 Å². The molecule has 32 heavy (non-hydrogen) atoms. The Morgan fingerprint density at radius 3 is 1.47 bits per heavy atom. The number of hydrogen-bond donors (Lipinski definition) is 0. The standard InChI is InChI=1S/C29H41ClO2/c1-2-3-4-5-6-7-8-9-10-11-12-13-14-15-24-32-28-22-20-26(21-23-28)25-16-18-27(19-17-25)29(30)31/h16-23H,2-15,24H2,1H3. The minimum atomic E-state index is -0.427. The fourth-order valence-electron chi connectivity index (χ4n) is 4.02. The highest BCUT2D eigenvalue weighted by molar-refractivity contribution is 6.67. The van der Waals surface area contributed by atoms with Crippen molar-refractivity contribution in [3.63, 3.8) is 0 Å². The highest BCUT2D eigenvalue weighted by atomic mass is 35.5. The van der Waals surface area contributed by atoms with Crippen LogP contribution in [0.15, 0.2) is 48.5 Å². The van der Waals surface area contributed by atoms with Gasteiger partial charge in [0.1, 0.15) is 5.75 Å². The van der Waals surface area contributed by atoms with Crippen LogP contribution in [0.3, 0.4) is 0 Å². The van der Waals surface area contributed by atoms with Crippen LogP contribution in [-0.2, 0) is 0 Å². The molecule has 0 N–H and O–H groups in total. The molecule has 0 unspecified atom stereocenters. The highest BCUT2D eigenvalue weighted by Gasteiger charge is 2.03. The molecule has 2 aromatic rings. The largest absolute Gasteiger partial charge is 0.494 e. The lowest BCUT2D eigenvalue weighted by Gasteiger charge is -2.08. The molecule has 2 rings (SSSR count). The van der Waals surface area contributed by atoms with E-state index in [9.17, 15) is 4.79 Å². The molecule has 0 heterocycles. The van der Waals surface area contributed by atoms with Crippen molar-refractivity contribution in [3.05, 3.63) is 54.1 Å². The van der Waals surface area contributed by atoms with E-state index >= 15 is 0 Å². The summed E-state index contributed by atoms with van der Waals surface area (Å²) in [5.74, 6) is 0.913. The van der Waals surface area contributed by atoms with Crippen molar-refractivity contribution in [2.75, 3.05) is 6.61 Å². The van der Waals surface area contributed by atoms with Gasteiger partial charge in [-0.15, -0.1) is 0 Å². The average Bonchev–Trinajstić information content (AvgIpc) is 2.82. The van der Waals surface area contributed by atoms with Gasteiger partial charge in [-0.1, -0.05) is 115 Å². The summed E-state index contributed by atoms with van der Waals surface area (Å²) in [5, 5.41) is -0.427. The zero-order valence-corrected chi connectivity index (χ0v) is 20.7. The third kappa shape index (κ3) is 11.2. The van der Waals surface area contributed by atoms with E-state index in [1.165, 1.54) is 83.5 Å². The summed E-state index contributed by atoms with van der Waals surface area (Å²) in [6.45, 7) is 3.06. The fourth-order valence-corrected chi connectivity index (χ4v) is 4.15. The van der Waals surface area contributed by atoms with E-state index in [2.05, 4.69) is 19.1 Å². The summed E-state index contributed by atoms with van der Waals surface area (Å²) in [7, 11) is 0. The number of carbonyl (C=O) groups excluding carboxylic acids is 1. The van der Waals surface area contributed by atoms with Crippen LogP contribution in [0.5, 0.6) is 5.75 Å². The van der Waals surface area contributed by atoms with Crippen LogP contribution in [0.2, 0.25) is 0 Å². The number of carbonyl (C=O) groups is 1. The summed E-state index contributed by atoms with van der Waals surface area (Å²) in [5.41, 5.74) is 2.68. The SMILES string of the molecule is CCCCCCCCCCCCCCCCOc1ccc(-c2ccc(C(=O)Cl)cc2)cc1. The molecule has 0 aliphatic rings. The second-order valence-electron chi connectivity index (χ2n) is 8.82. The van der Waals surface area contributed by atoms with Crippen molar-refractivity contribution in [3.8, 4) is 16.9 Å². The quantitative estimate of drug-likeness (QED) is 0.165. The first-order valence-corrected chi connectivity index (χ1v) is 13.1. The Morgan fingerprint density at radius 1 is 0.625 bits per heavy atom. The summed E-state index contributed by atoms with van der Waals surface area (Å²) in [4.78, 5) is 11.2. The maximum atomic E-state index is 11.2. The molecule has 3 heteroatoms. The van der Waals surface area contributed by atoms with E-state index < -0.39 is 5.24 Å². The Hall–Kier alpha value is -1.80. The van der Waals surface area contributed by atoms with Gasteiger partial charge in [-0.05, 0) is 53.4 Å². The topological polar surface area (TPSA) is 26.3 Å².